The third-order valence-corrected chi connectivity index (χ3v) is 1.21. The van der Waals surface area contributed by atoms with Crippen molar-refractivity contribution in [3.8, 4) is 0 Å². The number of ether oxygens (including phenoxy) is 1. The SMILES string of the molecule is C=CC(=O)O.O=C1CCCCO1. The summed E-state index contributed by atoms with van der Waals surface area (Å²) in [6, 6.07) is 0. The van der Waals surface area contributed by atoms with Crippen LogP contribution in [0.25, 0.3) is 0 Å². The molecule has 68 valence electrons. The molecule has 0 amide bonds. The Morgan fingerprint density at radius 1 is 1.58 bits per heavy atom. The number of carbonyl (C=O) groups is 2. The Bertz CT molecular complexity index is 166. The molecule has 12 heavy (non-hydrogen) atoms. The summed E-state index contributed by atoms with van der Waals surface area (Å²) in [5, 5.41) is 7.60. The van der Waals surface area contributed by atoms with Crippen molar-refractivity contribution >= 4 is 11.9 Å². The van der Waals surface area contributed by atoms with Gasteiger partial charge in [-0.05, 0) is 12.8 Å². The molecule has 1 rings (SSSR count). The van der Waals surface area contributed by atoms with Gasteiger partial charge in [-0.1, -0.05) is 6.58 Å². The monoisotopic (exact) mass is 172 g/mol. The first-order valence-electron chi connectivity index (χ1n) is 3.68. The molecule has 0 saturated carbocycles. The van der Waals surface area contributed by atoms with Gasteiger partial charge in [-0.25, -0.2) is 4.79 Å². The van der Waals surface area contributed by atoms with Crippen LogP contribution in [0.3, 0.4) is 0 Å². The maximum Gasteiger partial charge on any atom is 0.327 e. The van der Waals surface area contributed by atoms with Gasteiger partial charge in [-0.15, -0.1) is 0 Å². The van der Waals surface area contributed by atoms with Crippen molar-refractivity contribution in [1.29, 1.82) is 0 Å². The topological polar surface area (TPSA) is 63.6 Å². The number of carboxylic acid groups (broad SMARTS) is 1. The fourth-order valence-electron chi connectivity index (χ4n) is 0.630. The van der Waals surface area contributed by atoms with Crippen molar-refractivity contribution in [1.82, 2.24) is 0 Å². The lowest BCUT2D eigenvalue weighted by molar-refractivity contribution is -0.146. The zero-order valence-electron chi connectivity index (χ0n) is 6.78. The first-order chi connectivity index (χ1) is 5.66. The molecule has 0 unspecified atom stereocenters. The van der Waals surface area contributed by atoms with Crippen molar-refractivity contribution in [2.75, 3.05) is 6.61 Å². The summed E-state index contributed by atoms with van der Waals surface area (Å²) >= 11 is 0. The average Bonchev–Trinajstić information content (AvgIpc) is 2.07. The van der Waals surface area contributed by atoms with Crippen LogP contribution in [0.4, 0.5) is 0 Å². The lowest BCUT2D eigenvalue weighted by atomic mass is 10.2. The van der Waals surface area contributed by atoms with E-state index in [1.165, 1.54) is 0 Å². The van der Waals surface area contributed by atoms with Gasteiger partial charge in [-0.3, -0.25) is 4.79 Å². The van der Waals surface area contributed by atoms with E-state index in [2.05, 4.69) is 11.3 Å². The second-order valence-electron chi connectivity index (χ2n) is 2.22. The van der Waals surface area contributed by atoms with Crippen LogP contribution in [0.2, 0.25) is 0 Å². The number of cyclic esters (lactones) is 1. The van der Waals surface area contributed by atoms with E-state index >= 15 is 0 Å². The molecular weight excluding hydrogens is 160 g/mol. The Morgan fingerprint density at radius 3 is 2.33 bits per heavy atom. The van der Waals surface area contributed by atoms with Crippen molar-refractivity contribution in [2.45, 2.75) is 19.3 Å². The smallest absolute Gasteiger partial charge is 0.327 e. The first kappa shape index (κ1) is 10.7. The van der Waals surface area contributed by atoms with Crippen LogP contribution in [-0.4, -0.2) is 23.7 Å². The molecular formula is C8H12O4. The van der Waals surface area contributed by atoms with Crippen LogP contribution in [-0.2, 0) is 14.3 Å². The molecule has 4 heteroatoms. The summed E-state index contributed by atoms with van der Waals surface area (Å²) < 4.78 is 4.64. The second kappa shape index (κ2) is 6.39. The summed E-state index contributed by atoms with van der Waals surface area (Å²) in [4.78, 5) is 19.5. The minimum atomic E-state index is -0.981. The van der Waals surface area contributed by atoms with Crippen LogP contribution in [0.1, 0.15) is 19.3 Å². The zero-order chi connectivity index (χ0) is 9.40. The maximum atomic E-state index is 10.2. The van der Waals surface area contributed by atoms with E-state index in [1.54, 1.807) is 0 Å². The number of carboxylic acids is 1. The molecule has 0 aliphatic carbocycles. The van der Waals surface area contributed by atoms with Crippen molar-refractivity contribution in [3.05, 3.63) is 12.7 Å². The fraction of sp³-hybridized carbons (Fsp3) is 0.500. The molecule has 0 aromatic rings. The van der Waals surface area contributed by atoms with Gasteiger partial charge in [-0.2, -0.15) is 0 Å². The van der Waals surface area contributed by atoms with Gasteiger partial charge in [0.1, 0.15) is 0 Å². The lowest BCUT2D eigenvalue weighted by Crippen LogP contribution is -2.10. The summed E-state index contributed by atoms with van der Waals surface area (Å²) in [7, 11) is 0. The summed E-state index contributed by atoms with van der Waals surface area (Å²) in [6.07, 6.45) is 3.52. The number of carbonyl (C=O) groups excluding carboxylic acids is 1. The Labute approximate surface area is 70.8 Å². The van der Waals surface area contributed by atoms with E-state index in [4.69, 9.17) is 5.11 Å². The standard InChI is InChI=1S/C5H8O2.C3H4O2/c6-5-3-1-2-4-7-5;1-2-3(4)5/h1-4H2;2H,1H2,(H,4,5). The number of esters is 1. The zero-order valence-corrected chi connectivity index (χ0v) is 6.78. The molecule has 1 N–H and O–H groups in total. The predicted molar refractivity (Wildman–Crippen MR) is 42.6 cm³/mol. The lowest BCUT2D eigenvalue weighted by Gasteiger charge is -2.08. The first-order valence-corrected chi connectivity index (χ1v) is 3.68. The molecule has 1 heterocycles. The highest BCUT2D eigenvalue weighted by Gasteiger charge is 2.06. The van der Waals surface area contributed by atoms with Crippen LogP contribution in [0.5, 0.6) is 0 Å². The molecule has 1 aliphatic rings. The minimum absolute atomic E-state index is 0.0359. The molecule has 4 nitrogen and oxygen atoms in total. The molecule has 1 fully saturated rings. The van der Waals surface area contributed by atoms with E-state index in [9.17, 15) is 9.59 Å². The van der Waals surface area contributed by atoms with Gasteiger partial charge in [0.15, 0.2) is 0 Å². The largest absolute Gasteiger partial charge is 0.478 e. The van der Waals surface area contributed by atoms with E-state index < -0.39 is 5.97 Å². The third-order valence-electron chi connectivity index (χ3n) is 1.21. The minimum Gasteiger partial charge on any atom is -0.478 e. The van der Waals surface area contributed by atoms with E-state index in [0.29, 0.717) is 13.0 Å². The van der Waals surface area contributed by atoms with E-state index in [-0.39, 0.29) is 5.97 Å². The quantitative estimate of drug-likeness (QED) is 0.473. The third kappa shape index (κ3) is 6.80. The normalized spacial score (nSPS) is 15.2. The summed E-state index contributed by atoms with van der Waals surface area (Å²) in [5.41, 5.74) is 0. The van der Waals surface area contributed by atoms with Gasteiger partial charge in [0.05, 0.1) is 6.61 Å². The molecule has 0 radical (unpaired) electrons. The summed E-state index contributed by atoms with van der Waals surface area (Å²) in [6.45, 7) is 3.60. The van der Waals surface area contributed by atoms with Crippen LogP contribution in [0, 0.1) is 0 Å². The van der Waals surface area contributed by atoms with Gasteiger partial charge < -0.3 is 9.84 Å². The number of hydrogen-bond donors (Lipinski definition) is 1. The van der Waals surface area contributed by atoms with Gasteiger partial charge in [0.25, 0.3) is 0 Å². The van der Waals surface area contributed by atoms with Crippen molar-refractivity contribution in [2.24, 2.45) is 0 Å². The highest BCUT2D eigenvalue weighted by Crippen LogP contribution is 2.04. The van der Waals surface area contributed by atoms with Gasteiger partial charge in [0, 0.05) is 12.5 Å². The average molecular weight is 172 g/mol. The molecule has 0 atom stereocenters. The second-order valence-corrected chi connectivity index (χ2v) is 2.22. The van der Waals surface area contributed by atoms with Gasteiger partial charge in [0.2, 0.25) is 0 Å². The predicted octanol–water partition coefficient (Wildman–Crippen LogP) is 0.970. The Hall–Kier alpha value is -1.32. The molecule has 1 aliphatic heterocycles. The Kier molecular flexibility index (Phi) is 5.69. The molecule has 0 aromatic carbocycles. The number of aliphatic carboxylic acids is 1. The molecule has 1 saturated heterocycles. The van der Waals surface area contributed by atoms with Gasteiger partial charge >= 0.3 is 11.9 Å². The number of rotatable bonds is 1. The van der Waals surface area contributed by atoms with Crippen LogP contribution in [0.15, 0.2) is 12.7 Å². The van der Waals surface area contributed by atoms with Crippen LogP contribution >= 0.6 is 0 Å². The fourth-order valence-corrected chi connectivity index (χ4v) is 0.630. The van der Waals surface area contributed by atoms with E-state index in [0.717, 1.165) is 18.9 Å². The highest BCUT2D eigenvalue weighted by molar-refractivity contribution is 5.78. The summed E-state index contributed by atoms with van der Waals surface area (Å²) in [5.74, 6) is -1.02. The Morgan fingerprint density at radius 2 is 2.17 bits per heavy atom. The molecule has 0 bridgehead atoms. The van der Waals surface area contributed by atoms with E-state index in [1.807, 2.05) is 0 Å². The van der Waals surface area contributed by atoms with Crippen molar-refractivity contribution < 1.29 is 19.4 Å². The Balaban J connectivity index is 0.000000217. The van der Waals surface area contributed by atoms with Crippen molar-refractivity contribution in [3.63, 3.8) is 0 Å². The maximum absolute atomic E-state index is 10.2. The highest BCUT2D eigenvalue weighted by atomic mass is 16.5. The molecule has 0 spiro atoms. The molecule has 0 aromatic heterocycles. The number of hydrogen-bond acceptors (Lipinski definition) is 3. The van der Waals surface area contributed by atoms with Crippen LogP contribution < -0.4 is 0 Å².